The van der Waals surface area contributed by atoms with Crippen molar-refractivity contribution in [1.82, 2.24) is 15.3 Å². The van der Waals surface area contributed by atoms with Crippen molar-refractivity contribution in [2.24, 2.45) is 0 Å². The molecule has 6 heteroatoms. The summed E-state index contributed by atoms with van der Waals surface area (Å²) in [6.07, 6.45) is 5.44. The van der Waals surface area contributed by atoms with Gasteiger partial charge in [-0.25, -0.2) is 13.8 Å². The molecule has 1 heterocycles. The molecule has 1 N–H and O–H groups in total. The Morgan fingerprint density at radius 1 is 1.25 bits per heavy atom. The van der Waals surface area contributed by atoms with Crippen molar-refractivity contribution in [3.63, 3.8) is 0 Å². The molecule has 20 heavy (non-hydrogen) atoms. The van der Waals surface area contributed by atoms with Crippen LogP contribution in [0.3, 0.4) is 0 Å². The molecule has 0 saturated heterocycles. The third-order valence-electron chi connectivity index (χ3n) is 3.35. The minimum Gasteiger partial charge on any atom is -0.341 e. The van der Waals surface area contributed by atoms with E-state index >= 15 is 0 Å². The Hall–Kier alpha value is -2.37. The molecular weight excluding hydrogens is 264 g/mol. The first-order chi connectivity index (χ1) is 9.61. The molecule has 0 aliphatic heterocycles. The average Bonchev–Trinajstić information content (AvgIpc) is 3.20. The van der Waals surface area contributed by atoms with E-state index in [1.54, 1.807) is 0 Å². The lowest BCUT2D eigenvalue weighted by atomic mass is 10.0. The molecule has 1 aliphatic rings. The van der Waals surface area contributed by atoms with Crippen molar-refractivity contribution in [2.75, 3.05) is 0 Å². The van der Waals surface area contributed by atoms with Crippen molar-refractivity contribution in [3.8, 4) is 0 Å². The van der Waals surface area contributed by atoms with E-state index in [-0.39, 0.29) is 5.69 Å². The van der Waals surface area contributed by atoms with Crippen LogP contribution in [0.25, 0.3) is 0 Å². The van der Waals surface area contributed by atoms with Gasteiger partial charge in [0, 0.05) is 24.0 Å². The normalized spacial score (nSPS) is 15.7. The Bertz CT molecular complexity index is 657. The molecular formula is C14H11F2N3O. The van der Waals surface area contributed by atoms with Gasteiger partial charge >= 0.3 is 0 Å². The van der Waals surface area contributed by atoms with Gasteiger partial charge in [0.05, 0.1) is 11.7 Å². The van der Waals surface area contributed by atoms with Gasteiger partial charge in [-0.3, -0.25) is 9.78 Å². The lowest BCUT2D eigenvalue weighted by molar-refractivity contribution is 0.0924. The van der Waals surface area contributed by atoms with Gasteiger partial charge in [0.15, 0.2) is 0 Å². The largest absolute Gasteiger partial charge is 0.341 e. The number of aromatic nitrogens is 2. The zero-order valence-corrected chi connectivity index (χ0v) is 10.4. The van der Waals surface area contributed by atoms with Crippen LogP contribution in [0.15, 0.2) is 36.8 Å². The molecule has 1 aromatic carbocycles. The number of amides is 1. The van der Waals surface area contributed by atoms with E-state index in [2.05, 4.69) is 15.3 Å². The van der Waals surface area contributed by atoms with Crippen molar-refractivity contribution in [1.29, 1.82) is 0 Å². The molecule has 1 amide bonds. The summed E-state index contributed by atoms with van der Waals surface area (Å²) >= 11 is 0. The summed E-state index contributed by atoms with van der Waals surface area (Å²) in [6.45, 7) is 0. The highest BCUT2D eigenvalue weighted by Crippen LogP contribution is 2.46. The Morgan fingerprint density at radius 2 is 2.05 bits per heavy atom. The van der Waals surface area contributed by atoms with Crippen molar-refractivity contribution in [2.45, 2.75) is 18.4 Å². The summed E-state index contributed by atoms with van der Waals surface area (Å²) in [5.41, 5.74) is -0.288. The van der Waals surface area contributed by atoms with E-state index in [9.17, 15) is 13.6 Å². The minimum absolute atomic E-state index is 0.168. The van der Waals surface area contributed by atoms with Crippen LogP contribution in [0.5, 0.6) is 0 Å². The van der Waals surface area contributed by atoms with Gasteiger partial charge in [-0.15, -0.1) is 0 Å². The smallest absolute Gasteiger partial charge is 0.272 e. The van der Waals surface area contributed by atoms with Crippen LogP contribution < -0.4 is 5.32 Å². The van der Waals surface area contributed by atoms with Crippen LogP contribution in [0.4, 0.5) is 8.78 Å². The maximum atomic E-state index is 13.8. The van der Waals surface area contributed by atoms with Crippen LogP contribution in [0.2, 0.25) is 0 Å². The molecule has 1 aliphatic carbocycles. The van der Waals surface area contributed by atoms with Gasteiger partial charge in [0.25, 0.3) is 5.91 Å². The van der Waals surface area contributed by atoms with Crippen molar-refractivity contribution >= 4 is 5.91 Å². The van der Waals surface area contributed by atoms with Crippen LogP contribution in [-0.4, -0.2) is 15.9 Å². The number of hydrogen-bond donors (Lipinski definition) is 1. The molecule has 0 atom stereocenters. The van der Waals surface area contributed by atoms with E-state index in [4.69, 9.17) is 0 Å². The molecule has 4 nitrogen and oxygen atoms in total. The van der Waals surface area contributed by atoms with E-state index in [0.717, 1.165) is 6.07 Å². The van der Waals surface area contributed by atoms with Gasteiger partial charge in [-0.05, 0) is 18.9 Å². The first kappa shape index (κ1) is 12.7. The molecule has 102 valence electrons. The van der Waals surface area contributed by atoms with Crippen LogP contribution in [0, 0.1) is 11.6 Å². The second-order valence-electron chi connectivity index (χ2n) is 4.75. The Labute approximate surface area is 113 Å². The second kappa shape index (κ2) is 4.63. The third-order valence-corrected chi connectivity index (χ3v) is 3.35. The number of carbonyl (C=O) groups excluding carboxylic acids is 1. The molecule has 0 bridgehead atoms. The molecule has 2 aromatic rings. The number of halogens is 2. The summed E-state index contributed by atoms with van der Waals surface area (Å²) in [5, 5.41) is 2.76. The molecule has 0 spiro atoms. The molecule has 1 aromatic heterocycles. The van der Waals surface area contributed by atoms with Gasteiger partial charge in [0.1, 0.15) is 17.3 Å². The molecule has 3 rings (SSSR count). The van der Waals surface area contributed by atoms with Gasteiger partial charge in [-0.1, -0.05) is 6.07 Å². The summed E-state index contributed by atoms with van der Waals surface area (Å²) in [4.78, 5) is 19.7. The predicted octanol–water partition coefficient (Wildman–Crippen LogP) is 2.17. The monoisotopic (exact) mass is 275 g/mol. The van der Waals surface area contributed by atoms with Crippen molar-refractivity contribution < 1.29 is 13.6 Å². The van der Waals surface area contributed by atoms with E-state index in [0.29, 0.717) is 18.4 Å². The average molecular weight is 275 g/mol. The first-order valence-corrected chi connectivity index (χ1v) is 6.15. The van der Waals surface area contributed by atoms with Gasteiger partial charge in [0.2, 0.25) is 0 Å². The number of benzene rings is 1. The fourth-order valence-corrected chi connectivity index (χ4v) is 2.16. The Kier molecular flexibility index (Phi) is 2.93. The topological polar surface area (TPSA) is 54.9 Å². The highest BCUT2D eigenvalue weighted by atomic mass is 19.1. The molecule has 0 radical (unpaired) electrons. The fraction of sp³-hybridized carbons (Fsp3) is 0.214. The summed E-state index contributed by atoms with van der Waals surface area (Å²) in [5.74, 6) is -1.71. The number of nitrogens with one attached hydrogen (secondary N) is 1. The van der Waals surface area contributed by atoms with Crippen LogP contribution in [0.1, 0.15) is 28.9 Å². The molecule has 1 saturated carbocycles. The zero-order chi connectivity index (χ0) is 14.2. The Morgan fingerprint density at radius 3 is 2.65 bits per heavy atom. The summed E-state index contributed by atoms with van der Waals surface area (Å²) in [6, 6.07) is 3.38. The van der Waals surface area contributed by atoms with Gasteiger partial charge < -0.3 is 5.32 Å². The van der Waals surface area contributed by atoms with E-state index in [1.165, 1.54) is 30.7 Å². The van der Waals surface area contributed by atoms with E-state index in [1.807, 2.05) is 0 Å². The SMILES string of the molecule is O=C(NC1(c2ccc(F)cc2F)CC1)c1cnccn1. The number of hydrogen-bond acceptors (Lipinski definition) is 3. The lowest BCUT2D eigenvalue weighted by Gasteiger charge is -2.18. The molecule has 1 fully saturated rings. The summed E-state index contributed by atoms with van der Waals surface area (Å²) in [7, 11) is 0. The zero-order valence-electron chi connectivity index (χ0n) is 10.4. The second-order valence-corrected chi connectivity index (χ2v) is 4.75. The maximum Gasteiger partial charge on any atom is 0.272 e. The van der Waals surface area contributed by atoms with Crippen molar-refractivity contribution in [3.05, 3.63) is 59.7 Å². The standard InChI is InChI=1S/C14H11F2N3O/c15-9-1-2-10(11(16)7-9)14(3-4-14)19-13(20)12-8-17-5-6-18-12/h1-2,5-8H,3-4H2,(H,19,20). The van der Waals surface area contributed by atoms with Gasteiger partial charge in [-0.2, -0.15) is 0 Å². The fourth-order valence-electron chi connectivity index (χ4n) is 2.16. The summed E-state index contributed by atoms with van der Waals surface area (Å²) < 4.78 is 26.8. The maximum absolute atomic E-state index is 13.8. The highest BCUT2D eigenvalue weighted by Gasteiger charge is 2.47. The third kappa shape index (κ3) is 2.24. The quantitative estimate of drug-likeness (QED) is 0.934. The first-order valence-electron chi connectivity index (χ1n) is 6.15. The van der Waals surface area contributed by atoms with Crippen LogP contribution in [-0.2, 0) is 5.54 Å². The van der Waals surface area contributed by atoms with Crippen LogP contribution >= 0.6 is 0 Å². The van der Waals surface area contributed by atoms with E-state index < -0.39 is 23.1 Å². The number of carbonyl (C=O) groups is 1. The molecule has 0 unspecified atom stereocenters. The predicted molar refractivity (Wildman–Crippen MR) is 66.8 cm³/mol. The Balaban J connectivity index is 1.85. The number of rotatable bonds is 3. The minimum atomic E-state index is -0.758. The lowest BCUT2D eigenvalue weighted by Crippen LogP contribution is -2.36. The highest BCUT2D eigenvalue weighted by molar-refractivity contribution is 5.92. The number of nitrogens with zero attached hydrogens (tertiary/aromatic N) is 2.